The van der Waals surface area contributed by atoms with Crippen molar-refractivity contribution in [2.75, 3.05) is 46.6 Å². The predicted molar refractivity (Wildman–Crippen MR) is 162 cm³/mol. The van der Waals surface area contributed by atoms with E-state index < -0.39 is 47.9 Å². The van der Waals surface area contributed by atoms with Crippen LogP contribution in [0.2, 0.25) is 0 Å². The number of methoxy groups -OCH3 is 1. The summed E-state index contributed by atoms with van der Waals surface area (Å²) in [6.45, 7) is 4.37. The van der Waals surface area contributed by atoms with Gasteiger partial charge in [-0.1, -0.05) is 42.5 Å². The highest BCUT2D eigenvalue weighted by Gasteiger charge is 2.49. The van der Waals surface area contributed by atoms with Crippen LogP contribution in [0.3, 0.4) is 0 Å². The molecule has 8 N–H and O–H groups in total. The summed E-state index contributed by atoms with van der Waals surface area (Å²) in [6.07, 6.45) is 0.00138. The molecule has 242 valence electrons. The van der Waals surface area contributed by atoms with Crippen LogP contribution < -0.4 is 26.4 Å². The Balaban J connectivity index is 1.81. The molecule has 1 fully saturated rings. The monoisotopic (exact) mass is 615 g/mol. The van der Waals surface area contributed by atoms with Crippen LogP contribution in [0.1, 0.15) is 25.0 Å². The second kappa shape index (κ2) is 15.9. The zero-order valence-corrected chi connectivity index (χ0v) is 25.5. The molecule has 3 rings (SSSR count). The van der Waals surface area contributed by atoms with Gasteiger partial charge in [0, 0.05) is 19.5 Å². The van der Waals surface area contributed by atoms with Gasteiger partial charge in [-0.05, 0) is 43.5 Å². The van der Waals surface area contributed by atoms with Crippen LogP contribution in [0.15, 0.2) is 54.6 Å². The highest BCUT2D eigenvalue weighted by molar-refractivity contribution is 5.92. The average Bonchev–Trinajstić information content (AvgIpc) is 3.01. The van der Waals surface area contributed by atoms with Gasteiger partial charge in [0.15, 0.2) is 0 Å². The molecule has 0 spiro atoms. The normalized spacial score (nSPS) is 17.4. The topological polar surface area (TPSA) is 196 Å². The fourth-order valence-electron chi connectivity index (χ4n) is 4.75. The summed E-state index contributed by atoms with van der Waals surface area (Å²) >= 11 is 0. The number of ether oxygens (including phenoxy) is 2. The van der Waals surface area contributed by atoms with Gasteiger partial charge in [-0.2, -0.15) is 0 Å². The molecule has 3 amide bonds. The second-order valence-corrected chi connectivity index (χ2v) is 11.3. The summed E-state index contributed by atoms with van der Waals surface area (Å²) in [6, 6.07) is 12.2. The highest BCUT2D eigenvalue weighted by Crippen LogP contribution is 2.24. The van der Waals surface area contributed by atoms with Crippen LogP contribution in [0.4, 0.5) is 0 Å². The molecule has 13 heteroatoms. The Bertz CT molecular complexity index is 1220. The van der Waals surface area contributed by atoms with E-state index in [1.54, 1.807) is 54.6 Å². The van der Waals surface area contributed by atoms with E-state index in [1.165, 1.54) is 21.0 Å². The maximum absolute atomic E-state index is 13.8. The fourth-order valence-corrected chi connectivity index (χ4v) is 4.75. The van der Waals surface area contributed by atoms with Crippen LogP contribution in [-0.4, -0.2) is 114 Å². The molecule has 0 bridgehead atoms. The number of rotatable bonds is 15. The first-order valence-corrected chi connectivity index (χ1v) is 14.6. The second-order valence-electron chi connectivity index (χ2n) is 11.3. The number of benzene rings is 2. The van der Waals surface area contributed by atoms with E-state index in [2.05, 4.69) is 16.0 Å². The number of carbonyl (C=O) groups is 3. The summed E-state index contributed by atoms with van der Waals surface area (Å²) in [5, 5.41) is 40.1. The van der Waals surface area contributed by atoms with Crippen molar-refractivity contribution in [3.8, 4) is 5.75 Å². The molecular weight excluding hydrogens is 570 g/mol. The number of aliphatic hydroxyl groups excluding tert-OH is 1. The van der Waals surface area contributed by atoms with E-state index in [4.69, 9.17) is 15.2 Å². The van der Waals surface area contributed by atoms with E-state index in [0.29, 0.717) is 43.2 Å². The summed E-state index contributed by atoms with van der Waals surface area (Å²) in [5.74, 6) is -3.81. The molecule has 2 aromatic rings. The van der Waals surface area contributed by atoms with Crippen LogP contribution in [0.25, 0.3) is 0 Å². The SMILES string of the molecule is COc1ccc(C[C@H](NC(=O)[C@H](C)NC(=O)CN2CCOCC2)C(=O)N[C@@H](Cc2ccccc2)C(O)(O)[C@@](C)(N)CO)cc1. The Morgan fingerprint density at radius 3 is 2.16 bits per heavy atom. The van der Waals surface area contributed by atoms with E-state index in [0.717, 1.165) is 0 Å². The van der Waals surface area contributed by atoms with Gasteiger partial charge >= 0.3 is 0 Å². The first-order valence-electron chi connectivity index (χ1n) is 14.6. The first kappa shape index (κ1) is 34.9. The largest absolute Gasteiger partial charge is 0.497 e. The van der Waals surface area contributed by atoms with Crippen molar-refractivity contribution in [1.82, 2.24) is 20.9 Å². The molecule has 44 heavy (non-hydrogen) atoms. The average molecular weight is 616 g/mol. The molecular formula is C31H45N5O8. The van der Waals surface area contributed by atoms with Crippen molar-refractivity contribution < 1.29 is 39.2 Å². The molecule has 4 atom stereocenters. The van der Waals surface area contributed by atoms with Gasteiger partial charge in [-0.15, -0.1) is 0 Å². The number of hydrogen-bond acceptors (Lipinski definition) is 10. The van der Waals surface area contributed by atoms with Crippen molar-refractivity contribution in [3.63, 3.8) is 0 Å². The maximum Gasteiger partial charge on any atom is 0.243 e. The first-order chi connectivity index (χ1) is 20.9. The molecule has 1 saturated heterocycles. The van der Waals surface area contributed by atoms with Crippen molar-refractivity contribution in [3.05, 3.63) is 65.7 Å². The molecule has 1 aliphatic heterocycles. The molecule has 0 aliphatic carbocycles. The minimum Gasteiger partial charge on any atom is -0.497 e. The Hall–Kier alpha value is -3.59. The number of carbonyl (C=O) groups excluding carboxylic acids is 3. The molecule has 13 nitrogen and oxygen atoms in total. The Morgan fingerprint density at radius 2 is 1.57 bits per heavy atom. The molecule has 0 unspecified atom stereocenters. The number of aliphatic hydroxyl groups is 3. The van der Waals surface area contributed by atoms with Crippen LogP contribution in [0, 0.1) is 0 Å². The standard InChI is InChI=1S/C31H45N5O8/c1-21(33-27(38)19-36-13-15-44-16-14-36)28(39)34-25(17-23-9-11-24(43-3)12-10-23)29(40)35-26(18-22-7-5-4-6-8-22)31(41,42)30(2,32)20-37/h4-12,21,25-26,37,41-42H,13-20,32H2,1-3H3,(H,33,38)(H,34,39)(H,35,40)/t21-,25-,26-,30-/m0/s1. The molecule has 2 aromatic carbocycles. The number of hydrogen-bond donors (Lipinski definition) is 7. The number of amides is 3. The van der Waals surface area contributed by atoms with Gasteiger partial charge in [0.2, 0.25) is 23.5 Å². The summed E-state index contributed by atoms with van der Waals surface area (Å²) in [7, 11) is 1.53. The van der Waals surface area contributed by atoms with Gasteiger partial charge in [0.25, 0.3) is 0 Å². The van der Waals surface area contributed by atoms with Gasteiger partial charge in [0.1, 0.15) is 17.8 Å². The van der Waals surface area contributed by atoms with Crippen molar-refractivity contribution >= 4 is 17.7 Å². The number of morpholine rings is 1. The van der Waals surface area contributed by atoms with Gasteiger partial charge in [-0.3, -0.25) is 19.3 Å². The predicted octanol–water partition coefficient (Wildman–Crippen LogP) is -1.32. The third kappa shape index (κ3) is 9.71. The van der Waals surface area contributed by atoms with E-state index in [9.17, 15) is 29.7 Å². The van der Waals surface area contributed by atoms with Gasteiger partial charge < -0.3 is 46.5 Å². The number of nitrogens with one attached hydrogen (secondary N) is 3. The Labute approximate surface area is 257 Å². The number of nitrogens with zero attached hydrogens (tertiary/aromatic N) is 1. The van der Waals surface area contributed by atoms with E-state index in [1.807, 2.05) is 4.90 Å². The van der Waals surface area contributed by atoms with Crippen molar-refractivity contribution in [1.29, 1.82) is 0 Å². The molecule has 0 radical (unpaired) electrons. The zero-order valence-electron chi connectivity index (χ0n) is 25.5. The lowest BCUT2D eigenvalue weighted by Crippen LogP contribution is -2.71. The minimum absolute atomic E-state index is 0.0381. The number of nitrogens with two attached hydrogens (primary N) is 1. The molecule has 1 aliphatic rings. The smallest absolute Gasteiger partial charge is 0.243 e. The summed E-state index contributed by atoms with van der Waals surface area (Å²) < 4.78 is 10.5. The molecule has 1 heterocycles. The third-order valence-corrected chi connectivity index (χ3v) is 7.73. The summed E-state index contributed by atoms with van der Waals surface area (Å²) in [5.41, 5.74) is 5.50. The van der Waals surface area contributed by atoms with Gasteiger partial charge in [0.05, 0.1) is 45.1 Å². The maximum atomic E-state index is 13.8. The fraction of sp³-hybridized carbons (Fsp3) is 0.516. The van der Waals surface area contributed by atoms with Crippen molar-refractivity contribution in [2.45, 2.75) is 56.1 Å². The summed E-state index contributed by atoms with van der Waals surface area (Å²) in [4.78, 5) is 41.6. The zero-order chi connectivity index (χ0) is 32.3. The Morgan fingerprint density at radius 1 is 0.955 bits per heavy atom. The van der Waals surface area contributed by atoms with E-state index >= 15 is 0 Å². The van der Waals surface area contributed by atoms with Crippen molar-refractivity contribution in [2.24, 2.45) is 5.73 Å². The third-order valence-electron chi connectivity index (χ3n) is 7.73. The lowest BCUT2D eigenvalue weighted by Gasteiger charge is -2.42. The van der Waals surface area contributed by atoms with Gasteiger partial charge in [-0.25, -0.2) is 0 Å². The minimum atomic E-state index is -2.75. The highest BCUT2D eigenvalue weighted by atomic mass is 16.5. The molecule has 0 aromatic heterocycles. The molecule has 0 saturated carbocycles. The Kier molecular flexibility index (Phi) is 12.6. The van der Waals surface area contributed by atoms with Crippen LogP contribution in [-0.2, 0) is 32.0 Å². The van der Waals surface area contributed by atoms with Crippen LogP contribution >= 0.6 is 0 Å². The quantitative estimate of drug-likeness (QED) is 0.118. The van der Waals surface area contributed by atoms with Crippen LogP contribution in [0.5, 0.6) is 5.75 Å². The van der Waals surface area contributed by atoms with E-state index in [-0.39, 0.29) is 25.3 Å². The lowest BCUT2D eigenvalue weighted by atomic mass is 9.84. The lowest BCUT2D eigenvalue weighted by molar-refractivity contribution is -0.232.